The second-order valence-electron chi connectivity index (χ2n) is 5.40. The molecule has 0 bridgehead atoms. The highest BCUT2D eigenvalue weighted by Crippen LogP contribution is 2.33. The van der Waals surface area contributed by atoms with Crippen LogP contribution in [0.2, 0.25) is 0 Å². The highest BCUT2D eigenvalue weighted by molar-refractivity contribution is 9.11. The molecule has 118 valence electrons. The first-order valence-electron chi connectivity index (χ1n) is 6.78. The maximum atomic E-state index is 12.6. The number of rotatable bonds is 5. The molecule has 2 atom stereocenters. The highest BCUT2D eigenvalue weighted by atomic mass is 79.9. The molecule has 1 N–H and O–H groups in total. The van der Waals surface area contributed by atoms with Crippen molar-refractivity contribution in [3.63, 3.8) is 0 Å². The minimum Gasteiger partial charge on any atom is -0.481 e. The number of carboxylic acid groups (broad SMARTS) is 1. The van der Waals surface area contributed by atoms with E-state index in [0.717, 1.165) is 16.6 Å². The van der Waals surface area contributed by atoms with E-state index in [2.05, 4.69) is 15.9 Å². The third-order valence-electron chi connectivity index (χ3n) is 3.86. The first-order chi connectivity index (χ1) is 9.80. The van der Waals surface area contributed by atoms with Gasteiger partial charge in [0.15, 0.2) is 0 Å². The molecule has 1 aliphatic rings. The van der Waals surface area contributed by atoms with Crippen LogP contribution >= 0.6 is 27.3 Å². The lowest BCUT2D eigenvalue weighted by Crippen LogP contribution is -2.41. The van der Waals surface area contributed by atoms with Crippen molar-refractivity contribution in [1.82, 2.24) is 4.31 Å². The summed E-state index contributed by atoms with van der Waals surface area (Å²) in [6.07, 6.45) is 1.75. The molecule has 1 aliphatic heterocycles. The van der Waals surface area contributed by atoms with Gasteiger partial charge in [-0.1, -0.05) is 6.92 Å². The molecule has 0 saturated carbocycles. The molecule has 0 aromatic carbocycles. The van der Waals surface area contributed by atoms with Crippen LogP contribution in [-0.4, -0.2) is 36.9 Å². The monoisotopic (exact) mass is 395 g/mol. The Hall–Kier alpha value is -0.440. The van der Waals surface area contributed by atoms with Crippen LogP contribution in [0, 0.1) is 11.8 Å². The summed E-state index contributed by atoms with van der Waals surface area (Å²) in [4.78, 5) is 10.8. The van der Waals surface area contributed by atoms with Gasteiger partial charge in [-0.2, -0.15) is 4.31 Å². The van der Waals surface area contributed by atoms with Crippen LogP contribution in [0.4, 0.5) is 0 Å². The molecule has 2 unspecified atom stereocenters. The smallest absolute Gasteiger partial charge is 0.303 e. The average Bonchev–Trinajstić information content (AvgIpc) is 2.85. The van der Waals surface area contributed by atoms with Gasteiger partial charge in [-0.3, -0.25) is 4.79 Å². The fraction of sp³-hybridized carbons (Fsp3) is 0.615. The second kappa shape index (κ2) is 6.76. The van der Waals surface area contributed by atoms with E-state index in [-0.39, 0.29) is 18.3 Å². The molecule has 2 heterocycles. The second-order valence-corrected chi connectivity index (χ2v) is 10.0. The van der Waals surface area contributed by atoms with Gasteiger partial charge in [-0.25, -0.2) is 8.42 Å². The van der Waals surface area contributed by atoms with Crippen LogP contribution in [-0.2, 0) is 14.8 Å². The maximum absolute atomic E-state index is 12.6. The van der Waals surface area contributed by atoms with E-state index in [0.29, 0.717) is 17.3 Å². The molecule has 0 amide bonds. The van der Waals surface area contributed by atoms with Crippen molar-refractivity contribution in [3.8, 4) is 0 Å². The number of piperidine rings is 1. The van der Waals surface area contributed by atoms with Crippen molar-refractivity contribution in [2.45, 2.75) is 30.4 Å². The predicted molar refractivity (Wildman–Crippen MR) is 84.9 cm³/mol. The van der Waals surface area contributed by atoms with Gasteiger partial charge >= 0.3 is 5.97 Å². The summed E-state index contributed by atoms with van der Waals surface area (Å²) in [5.74, 6) is -0.742. The Morgan fingerprint density at radius 2 is 2.29 bits per heavy atom. The molecule has 0 spiro atoms. The van der Waals surface area contributed by atoms with E-state index in [1.807, 2.05) is 6.92 Å². The summed E-state index contributed by atoms with van der Waals surface area (Å²) >= 11 is 4.48. The third kappa shape index (κ3) is 4.06. The number of hydrogen-bond donors (Lipinski definition) is 1. The van der Waals surface area contributed by atoms with Crippen molar-refractivity contribution < 1.29 is 18.3 Å². The maximum Gasteiger partial charge on any atom is 0.303 e. The number of halogens is 1. The Balaban J connectivity index is 2.12. The topological polar surface area (TPSA) is 74.7 Å². The molecule has 1 saturated heterocycles. The first kappa shape index (κ1) is 16.9. The summed E-state index contributed by atoms with van der Waals surface area (Å²) in [6, 6.07) is 3.33. The average molecular weight is 396 g/mol. The van der Waals surface area contributed by atoms with E-state index in [4.69, 9.17) is 5.11 Å². The van der Waals surface area contributed by atoms with Gasteiger partial charge in [-0.15, -0.1) is 11.3 Å². The van der Waals surface area contributed by atoms with Gasteiger partial charge in [0.2, 0.25) is 0 Å². The van der Waals surface area contributed by atoms with Crippen LogP contribution in [0.5, 0.6) is 0 Å². The Morgan fingerprint density at radius 3 is 2.86 bits per heavy atom. The number of hydrogen-bond acceptors (Lipinski definition) is 4. The molecule has 1 aromatic rings. The summed E-state index contributed by atoms with van der Waals surface area (Å²) < 4.78 is 27.8. The molecular formula is C13H18BrNO4S2. The van der Waals surface area contributed by atoms with Gasteiger partial charge in [0, 0.05) is 19.5 Å². The normalized spacial score (nSPS) is 22.1. The lowest BCUT2D eigenvalue weighted by atomic mass is 9.85. The number of carboxylic acids is 1. The molecular weight excluding hydrogens is 378 g/mol. The van der Waals surface area contributed by atoms with E-state index in [1.54, 1.807) is 12.1 Å². The molecule has 0 radical (unpaired) electrons. The van der Waals surface area contributed by atoms with E-state index < -0.39 is 16.0 Å². The number of sulfonamides is 1. The van der Waals surface area contributed by atoms with Crippen LogP contribution in [0.3, 0.4) is 0 Å². The number of aliphatic carboxylic acids is 1. The largest absolute Gasteiger partial charge is 0.481 e. The van der Waals surface area contributed by atoms with Gasteiger partial charge in [-0.05, 0) is 52.7 Å². The van der Waals surface area contributed by atoms with Crippen LogP contribution < -0.4 is 0 Å². The zero-order valence-corrected chi connectivity index (χ0v) is 14.9. The lowest BCUT2D eigenvalue weighted by molar-refractivity contribution is -0.138. The van der Waals surface area contributed by atoms with Gasteiger partial charge in [0.25, 0.3) is 10.0 Å². The van der Waals surface area contributed by atoms with Gasteiger partial charge in [0.05, 0.1) is 3.79 Å². The Kier molecular flexibility index (Phi) is 5.45. The molecule has 21 heavy (non-hydrogen) atoms. The molecule has 5 nitrogen and oxygen atoms in total. The minimum absolute atomic E-state index is 0.0180. The molecule has 1 fully saturated rings. The SMILES string of the molecule is CC(CC(=O)O)C1CCCN(S(=O)(=O)c2ccc(Br)s2)C1. The van der Waals surface area contributed by atoms with E-state index in [9.17, 15) is 13.2 Å². The van der Waals surface area contributed by atoms with Crippen molar-refractivity contribution >= 4 is 43.3 Å². The van der Waals surface area contributed by atoms with Crippen molar-refractivity contribution in [2.75, 3.05) is 13.1 Å². The Bertz CT molecular complexity index is 613. The fourth-order valence-corrected chi connectivity index (χ4v) is 6.36. The number of nitrogens with zero attached hydrogens (tertiary/aromatic N) is 1. The van der Waals surface area contributed by atoms with E-state index in [1.165, 1.54) is 15.6 Å². The van der Waals surface area contributed by atoms with Crippen LogP contribution in [0.15, 0.2) is 20.1 Å². The minimum atomic E-state index is -3.46. The summed E-state index contributed by atoms with van der Waals surface area (Å²) in [7, 11) is -3.46. The summed E-state index contributed by atoms with van der Waals surface area (Å²) in [5, 5.41) is 8.89. The highest BCUT2D eigenvalue weighted by Gasteiger charge is 2.33. The van der Waals surface area contributed by atoms with Gasteiger partial charge < -0.3 is 5.11 Å². The molecule has 1 aromatic heterocycles. The van der Waals surface area contributed by atoms with Crippen LogP contribution in [0.25, 0.3) is 0 Å². The zero-order chi connectivity index (χ0) is 15.6. The quantitative estimate of drug-likeness (QED) is 0.830. The third-order valence-corrected chi connectivity index (χ3v) is 7.82. The number of thiophene rings is 1. The predicted octanol–water partition coefficient (Wildman–Crippen LogP) is 3.02. The first-order valence-corrected chi connectivity index (χ1v) is 9.83. The van der Waals surface area contributed by atoms with Crippen molar-refractivity contribution in [1.29, 1.82) is 0 Å². The Labute approximate surface area is 137 Å². The van der Waals surface area contributed by atoms with Crippen molar-refractivity contribution in [2.24, 2.45) is 11.8 Å². The van der Waals surface area contributed by atoms with Gasteiger partial charge in [0.1, 0.15) is 4.21 Å². The molecule has 0 aliphatic carbocycles. The standard InChI is InChI=1S/C13H18BrNO4S2/c1-9(7-12(16)17)10-3-2-6-15(8-10)21(18,19)13-5-4-11(14)20-13/h4-5,9-10H,2-3,6-8H2,1H3,(H,16,17). The van der Waals surface area contributed by atoms with E-state index >= 15 is 0 Å². The number of carbonyl (C=O) groups is 1. The Morgan fingerprint density at radius 1 is 1.57 bits per heavy atom. The lowest BCUT2D eigenvalue weighted by Gasteiger charge is -2.34. The van der Waals surface area contributed by atoms with Crippen LogP contribution in [0.1, 0.15) is 26.2 Å². The molecule has 8 heteroatoms. The van der Waals surface area contributed by atoms with Crippen molar-refractivity contribution in [3.05, 3.63) is 15.9 Å². The molecule has 2 rings (SSSR count). The fourth-order valence-electron chi connectivity index (χ4n) is 2.66. The summed E-state index contributed by atoms with van der Waals surface area (Å²) in [5.41, 5.74) is 0. The zero-order valence-electron chi connectivity index (χ0n) is 11.7. The summed E-state index contributed by atoms with van der Waals surface area (Å²) in [6.45, 7) is 2.80.